The van der Waals surface area contributed by atoms with Gasteiger partial charge in [0.05, 0.1) is 31.7 Å². The Balaban J connectivity index is 1.14. The number of ether oxygens (including phenoxy) is 2. The predicted molar refractivity (Wildman–Crippen MR) is 148 cm³/mol. The molecule has 21 heteroatoms. The van der Waals surface area contributed by atoms with Crippen LogP contribution in [0.3, 0.4) is 0 Å². The molecule has 7 atom stereocenters. The number of nitrogens with two attached hydrogens (primary N) is 2. The average molecular weight is 629 g/mol. The lowest BCUT2D eigenvalue weighted by Gasteiger charge is -2.23. The number of anilines is 2. The van der Waals surface area contributed by atoms with E-state index in [0.717, 1.165) is 0 Å². The maximum absolute atomic E-state index is 13.3. The molecule has 220 valence electrons. The molecule has 6 rings (SSSR count). The van der Waals surface area contributed by atoms with Crippen molar-refractivity contribution in [1.29, 1.82) is 0 Å². The van der Waals surface area contributed by atoms with E-state index < -0.39 is 46.1 Å². The largest absolute Gasteiger partial charge is 0.386 e. The second-order valence-corrected chi connectivity index (χ2v) is 12.7. The van der Waals surface area contributed by atoms with Crippen LogP contribution in [0.2, 0.25) is 0 Å². The molecule has 2 aliphatic rings. The summed E-state index contributed by atoms with van der Waals surface area (Å²) in [5.41, 5.74) is 12.6. The maximum Gasteiger partial charge on any atom is 0.386 e. The Morgan fingerprint density at radius 3 is 2.68 bits per heavy atom. The molecule has 2 fully saturated rings. The van der Waals surface area contributed by atoms with Gasteiger partial charge < -0.3 is 35.3 Å². The summed E-state index contributed by atoms with van der Waals surface area (Å²) >= 11 is 4.17. The van der Waals surface area contributed by atoms with Crippen LogP contribution in [0.4, 0.5) is 11.6 Å². The zero-order chi connectivity index (χ0) is 28.7. The highest BCUT2D eigenvalue weighted by Gasteiger charge is 2.43. The lowest BCUT2D eigenvalue weighted by molar-refractivity contribution is -0.0457. The molecule has 0 spiro atoms. The van der Waals surface area contributed by atoms with E-state index in [1.54, 1.807) is 10.9 Å². The number of fused-ring (bicyclic) bond motifs is 2. The number of rotatable bonds is 10. The second-order valence-electron chi connectivity index (χ2n) is 9.33. The molecular formula is C20H26N10O8P2S. The topological polar surface area (TPSA) is 243 Å². The lowest BCUT2D eigenvalue weighted by atomic mass is 10.2. The van der Waals surface area contributed by atoms with E-state index in [1.807, 2.05) is 0 Å². The van der Waals surface area contributed by atoms with Crippen LogP contribution in [0, 0.1) is 0 Å². The Morgan fingerprint density at radius 1 is 1.10 bits per heavy atom. The summed E-state index contributed by atoms with van der Waals surface area (Å²) in [6.07, 6.45) is 2.08. The van der Waals surface area contributed by atoms with Gasteiger partial charge in [0.2, 0.25) is 0 Å². The first-order valence-electron chi connectivity index (χ1n) is 12.4. The molecule has 2 saturated heterocycles. The first-order chi connectivity index (χ1) is 19.7. The smallest absolute Gasteiger partial charge is 0.382 e. The van der Waals surface area contributed by atoms with E-state index in [-0.39, 0.29) is 48.7 Å². The van der Waals surface area contributed by atoms with Crippen LogP contribution < -0.4 is 17.2 Å². The van der Waals surface area contributed by atoms with Gasteiger partial charge >= 0.3 is 12.5 Å². The van der Waals surface area contributed by atoms with Gasteiger partial charge in [0, 0.05) is 6.42 Å². The molecule has 0 bridgehead atoms. The van der Waals surface area contributed by atoms with Gasteiger partial charge in [-0.2, -0.15) is 0 Å². The fourth-order valence-electron chi connectivity index (χ4n) is 4.94. The zero-order valence-corrected chi connectivity index (χ0v) is 23.9. The van der Waals surface area contributed by atoms with Gasteiger partial charge in [-0.25, -0.2) is 38.8 Å². The number of imidazole rings is 2. The van der Waals surface area contributed by atoms with Gasteiger partial charge in [-0.15, -0.1) is 0 Å². The number of hydrogen-bond acceptors (Lipinski definition) is 15. The summed E-state index contributed by atoms with van der Waals surface area (Å²) in [5, 5.41) is 0. The molecule has 4 aromatic rings. The van der Waals surface area contributed by atoms with Crippen molar-refractivity contribution < 1.29 is 32.5 Å². The number of nitrogen functional groups attached to an aromatic ring is 2. The average Bonchev–Trinajstić information content (AvgIpc) is 3.72. The van der Waals surface area contributed by atoms with Crippen LogP contribution in [-0.2, 0) is 27.6 Å². The number of nitrogens with one attached hydrogen (secondary N) is 1. The molecule has 0 saturated carbocycles. The van der Waals surface area contributed by atoms with Gasteiger partial charge in [0.15, 0.2) is 38.2 Å². The van der Waals surface area contributed by atoms with Crippen molar-refractivity contribution in [3.63, 3.8) is 0 Å². The number of H-pyrrole nitrogens is 1. The van der Waals surface area contributed by atoms with Crippen molar-refractivity contribution in [3.8, 4) is 0 Å². The SMILES string of the molecule is Nc1ncnc2c1ncn2C1CCC(CO[P@@](=O)(S)O[C@@H]2CC(COPO)OC2n2c(=O)[nH]c3c(N)ncnc32)O1. The van der Waals surface area contributed by atoms with E-state index in [9.17, 15) is 9.36 Å². The maximum atomic E-state index is 13.3. The third-order valence-electron chi connectivity index (χ3n) is 6.74. The molecule has 0 radical (unpaired) electrons. The Bertz CT molecular complexity index is 1670. The monoisotopic (exact) mass is 628 g/mol. The Hall–Kier alpha value is -2.73. The molecule has 0 amide bonds. The summed E-state index contributed by atoms with van der Waals surface area (Å²) in [4.78, 5) is 45.0. The minimum absolute atomic E-state index is 0.00800. The van der Waals surface area contributed by atoms with Crippen LogP contribution in [-0.4, -0.2) is 75.5 Å². The van der Waals surface area contributed by atoms with Crippen LogP contribution in [0.1, 0.15) is 31.7 Å². The number of thiol groups is 1. The minimum Gasteiger partial charge on any atom is -0.382 e. The molecule has 0 aliphatic carbocycles. The Morgan fingerprint density at radius 2 is 1.88 bits per heavy atom. The molecule has 2 aliphatic heterocycles. The summed E-state index contributed by atoms with van der Waals surface area (Å²) < 4.78 is 44.9. The normalized spacial score (nSPS) is 26.5. The molecule has 6 heterocycles. The fraction of sp³-hybridized carbons (Fsp3) is 0.500. The van der Waals surface area contributed by atoms with Crippen molar-refractivity contribution >= 4 is 62.0 Å². The molecule has 18 nitrogen and oxygen atoms in total. The highest BCUT2D eigenvalue weighted by molar-refractivity contribution is 8.44. The van der Waals surface area contributed by atoms with Gasteiger partial charge in [-0.3, -0.25) is 13.6 Å². The van der Waals surface area contributed by atoms with Gasteiger partial charge in [0.1, 0.15) is 36.0 Å². The third-order valence-corrected chi connectivity index (χ3v) is 8.68. The number of hydrogen-bond donors (Lipinski definition) is 5. The summed E-state index contributed by atoms with van der Waals surface area (Å²) in [7, 11) is -0.763. The van der Waals surface area contributed by atoms with E-state index in [0.29, 0.717) is 24.0 Å². The summed E-state index contributed by atoms with van der Waals surface area (Å²) in [6, 6.07) is 0. The molecule has 5 unspecified atom stereocenters. The van der Waals surface area contributed by atoms with Gasteiger partial charge in [-0.1, -0.05) is 12.2 Å². The molecule has 41 heavy (non-hydrogen) atoms. The predicted octanol–water partition coefficient (Wildman–Crippen LogP) is 1.05. The summed E-state index contributed by atoms with van der Waals surface area (Å²) in [5.74, 6) is 0.339. The first-order valence-corrected chi connectivity index (χ1v) is 15.9. The highest BCUT2D eigenvalue weighted by atomic mass is 32.7. The van der Waals surface area contributed by atoms with E-state index in [4.69, 9.17) is 39.4 Å². The fourth-order valence-corrected chi connectivity index (χ4v) is 6.71. The van der Waals surface area contributed by atoms with Crippen molar-refractivity contribution in [3.05, 3.63) is 29.5 Å². The molecule has 6 N–H and O–H groups in total. The van der Waals surface area contributed by atoms with Gasteiger partial charge in [0.25, 0.3) is 0 Å². The molecular weight excluding hydrogens is 602 g/mol. The standard InChI is InChI=1S/C20H26N10O8P2S/c21-15-13-17(25-6-23-15)29(8-27-13)12-2-1-9(36-12)5-35-40(33,41)38-11-3-10(4-34-39-32)37-19(11)30-18-14(28-20(30)31)16(22)24-7-26-18/h6-12,19,32,39H,1-5H2,(H,28,31)(H,33,41)(H2,21,23,25)(H2,22,24,26)/t9?,10?,11-,12?,19?,40-/m1/s1. The van der Waals surface area contributed by atoms with Crippen LogP contribution in [0.5, 0.6) is 0 Å². The van der Waals surface area contributed by atoms with E-state index >= 15 is 0 Å². The molecule has 4 aromatic heterocycles. The van der Waals surface area contributed by atoms with Crippen LogP contribution >= 0.6 is 28.1 Å². The molecule has 0 aromatic carbocycles. The van der Waals surface area contributed by atoms with Crippen molar-refractivity contribution in [2.75, 3.05) is 24.7 Å². The zero-order valence-electron chi connectivity index (χ0n) is 21.1. The number of nitrogens with zero attached hydrogens (tertiary/aromatic N) is 7. The van der Waals surface area contributed by atoms with Crippen LogP contribution in [0.15, 0.2) is 23.8 Å². The number of aromatic nitrogens is 8. The first kappa shape index (κ1) is 28.4. The number of aromatic amines is 1. The van der Waals surface area contributed by atoms with E-state index in [2.05, 4.69) is 42.2 Å². The lowest BCUT2D eigenvalue weighted by Crippen LogP contribution is -2.30. The van der Waals surface area contributed by atoms with Crippen LogP contribution in [0.25, 0.3) is 22.3 Å². The highest BCUT2D eigenvalue weighted by Crippen LogP contribution is 2.57. The Labute approximate surface area is 237 Å². The van der Waals surface area contributed by atoms with Crippen molar-refractivity contribution in [1.82, 2.24) is 39.0 Å². The van der Waals surface area contributed by atoms with Crippen molar-refractivity contribution in [2.45, 2.75) is 50.0 Å². The quantitative estimate of drug-likeness (QED) is 0.122. The second kappa shape index (κ2) is 11.5. The Kier molecular flexibility index (Phi) is 7.97. The van der Waals surface area contributed by atoms with Crippen molar-refractivity contribution in [2.24, 2.45) is 0 Å². The van der Waals surface area contributed by atoms with E-state index in [1.165, 1.54) is 17.2 Å². The minimum atomic E-state index is -3.99. The third kappa shape index (κ3) is 5.69. The summed E-state index contributed by atoms with van der Waals surface area (Å²) in [6.45, 7) is -4.06. The van der Waals surface area contributed by atoms with Gasteiger partial charge in [-0.05, 0) is 12.8 Å².